The molecule has 0 heterocycles. The van der Waals surface area contributed by atoms with Crippen LogP contribution < -0.4 is 4.46 Å². The van der Waals surface area contributed by atoms with E-state index in [-0.39, 0.29) is 20.7 Å². The zero-order chi connectivity index (χ0) is 13.7. The number of carbonyl (C=O) groups excluding carboxylic acids is 1. The summed E-state index contributed by atoms with van der Waals surface area (Å²) in [5.41, 5.74) is 2.32. The number of hydrogen-bond acceptors (Lipinski definition) is 1. The fourth-order valence-electron chi connectivity index (χ4n) is 1.63. The second-order valence-electron chi connectivity index (χ2n) is 4.39. The molecule has 2 aromatic carbocycles. The first-order valence-corrected chi connectivity index (χ1v) is 7.88. The Hall–Kier alpha value is -1.63. The minimum absolute atomic E-state index is 0.0674. The van der Waals surface area contributed by atoms with Crippen molar-refractivity contribution in [3.8, 4) is 0 Å². The summed E-state index contributed by atoms with van der Waals surface area (Å²) in [6.45, 7) is 3.71. The van der Waals surface area contributed by atoms with Crippen molar-refractivity contribution in [1.29, 1.82) is 0 Å². The molecular formula is C17H16OSe. The van der Waals surface area contributed by atoms with Gasteiger partial charge < -0.3 is 0 Å². The van der Waals surface area contributed by atoms with Crippen molar-refractivity contribution in [2.45, 2.75) is 13.8 Å². The van der Waals surface area contributed by atoms with E-state index in [0.717, 1.165) is 10.0 Å². The molecule has 19 heavy (non-hydrogen) atoms. The predicted octanol–water partition coefficient (Wildman–Crippen LogP) is 2.95. The Kier molecular flexibility index (Phi) is 4.73. The number of hydrogen-bond donors (Lipinski definition) is 0. The van der Waals surface area contributed by atoms with E-state index in [4.69, 9.17) is 0 Å². The summed E-state index contributed by atoms with van der Waals surface area (Å²) < 4.78 is 2.13. The Labute approximate surface area is 120 Å². The SMILES string of the molecule is CC(=O)/C(=C/c1ccc(C)cc1)[Se]c1ccccc1. The van der Waals surface area contributed by atoms with Gasteiger partial charge in [0.25, 0.3) is 0 Å². The van der Waals surface area contributed by atoms with Gasteiger partial charge in [-0.15, -0.1) is 0 Å². The van der Waals surface area contributed by atoms with Gasteiger partial charge >= 0.3 is 120 Å². The first-order chi connectivity index (χ1) is 9.15. The van der Waals surface area contributed by atoms with Gasteiger partial charge in [0.05, 0.1) is 0 Å². The second kappa shape index (κ2) is 6.51. The standard InChI is InChI=1S/C17H16OSe/c1-13-8-10-15(11-9-13)12-17(14(2)18)19-16-6-4-3-5-7-16/h3-12H,1-2H3/b17-12-. The molecule has 2 heteroatoms. The fourth-order valence-corrected chi connectivity index (χ4v) is 3.49. The number of benzene rings is 2. The van der Waals surface area contributed by atoms with Crippen LogP contribution in [0.4, 0.5) is 0 Å². The zero-order valence-electron chi connectivity index (χ0n) is 11.1. The molecule has 0 atom stereocenters. The zero-order valence-corrected chi connectivity index (χ0v) is 12.8. The fraction of sp³-hybridized carbons (Fsp3) is 0.118. The summed E-state index contributed by atoms with van der Waals surface area (Å²) in [5, 5.41) is 0. The Bertz CT molecular complexity index is 582. The normalized spacial score (nSPS) is 11.4. The van der Waals surface area contributed by atoms with Crippen molar-refractivity contribution in [1.82, 2.24) is 0 Å². The number of rotatable bonds is 4. The van der Waals surface area contributed by atoms with Crippen LogP contribution in [0.2, 0.25) is 0 Å². The molecule has 0 aliphatic heterocycles. The molecule has 0 aliphatic rings. The van der Waals surface area contributed by atoms with Crippen LogP contribution in [-0.2, 0) is 4.79 Å². The number of aryl methyl sites for hydroxylation is 1. The van der Waals surface area contributed by atoms with Crippen molar-refractivity contribution in [3.05, 3.63) is 70.2 Å². The Morgan fingerprint density at radius 3 is 2.21 bits per heavy atom. The quantitative estimate of drug-likeness (QED) is 0.626. The molecule has 2 aromatic rings. The molecule has 0 N–H and O–H groups in total. The van der Waals surface area contributed by atoms with Crippen LogP contribution in [0.3, 0.4) is 0 Å². The van der Waals surface area contributed by atoms with E-state index in [1.165, 1.54) is 10.0 Å². The maximum absolute atomic E-state index is 11.8. The minimum atomic E-state index is 0.0674. The summed E-state index contributed by atoms with van der Waals surface area (Å²) in [4.78, 5) is 11.8. The molecule has 0 bridgehead atoms. The van der Waals surface area contributed by atoms with Crippen molar-refractivity contribution in [3.63, 3.8) is 0 Å². The van der Waals surface area contributed by atoms with Crippen LogP contribution in [0.15, 0.2) is 59.1 Å². The van der Waals surface area contributed by atoms with Gasteiger partial charge in [-0.05, 0) is 0 Å². The van der Waals surface area contributed by atoms with Crippen LogP contribution in [0.1, 0.15) is 18.1 Å². The average molecular weight is 315 g/mol. The van der Waals surface area contributed by atoms with E-state index in [1.54, 1.807) is 6.92 Å². The van der Waals surface area contributed by atoms with Gasteiger partial charge in [0, 0.05) is 0 Å². The van der Waals surface area contributed by atoms with E-state index in [9.17, 15) is 4.79 Å². The summed E-state index contributed by atoms with van der Waals surface area (Å²) >= 11 is 0.0674. The van der Waals surface area contributed by atoms with Crippen LogP contribution in [-0.4, -0.2) is 20.7 Å². The third kappa shape index (κ3) is 4.20. The average Bonchev–Trinajstić information content (AvgIpc) is 2.41. The summed E-state index contributed by atoms with van der Waals surface area (Å²) in [6, 6.07) is 18.4. The van der Waals surface area contributed by atoms with Crippen molar-refractivity contribution in [2.75, 3.05) is 0 Å². The second-order valence-corrected chi connectivity index (χ2v) is 6.73. The molecule has 0 amide bonds. The first kappa shape index (κ1) is 13.8. The van der Waals surface area contributed by atoms with E-state index >= 15 is 0 Å². The maximum atomic E-state index is 11.8. The molecule has 0 saturated heterocycles. The predicted molar refractivity (Wildman–Crippen MR) is 81.7 cm³/mol. The monoisotopic (exact) mass is 316 g/mol. The molecule has 96 valence electrons. The number of allylic oxidation sites excluding steroid dienone is 1. The molecule has 0 unspecified atom stereocenters. The van der Waals surface area contributed by atoms with Gasteiger partial charge in [-0.25, -0.2) is 0 Å². The van der Waals surface area contributed by atoms with E-state index < -0.39 is 0 Å². The Morgan fingerprint density at radius 2 is 1.63 bits per heavy atom. The molecule has 0 aromatic heterocycles. The number of Topliss-reactive ketones (excluding diaryl/α,β-unsaturated/α-hetero) is 1. The number of ketones is 1. The van der Waals surface area contributed by atoms with Crippen LogP contribution in [0.5, 0.6) is 0 Å². The van der Waals surface area contributed by atoms with Crippen molar-refractivity contribution < 1.29 is 4.79 Å². The van der Waals surface area contributed by atoms with Gasteiger partial charge in [-0.3, -0.25) is 0 Å². The van der Waals surface area contributed by atoms with Gasteiger partial charge in [0.2, 0.25) is 0 Å². The van der Waals surface area contributed by atoms with E-state index in [0.29, 0.717) is 0 Å². The van der Waals surface area contributed by atoms with Gasteiger partial charge in [0.1, 0.15) is 0 Å². The third-order valence-corrected chi connectivity index (χ3v) is 5.07. The molecule has 0 aliphatic carbocycles. The molecule has 0 spiro atoms. The molecule has 0 radical (unpaired) electrons. The topological polar surface area (TPSA) is 17.1 Å². The molecule has 0 saturated carbocycles. The van der Waals surface area contributed by atoms with Crippen LogP contribution in [0.25, 0.3) is 6.08 Å². The number of carbonyl (C=O) groups is 1. The van der Waals surface area contributed by atoms with E-state index in [1.807, 2.05) is 24.3 Å². The molecule has 2 rings (SSSR count). The summed E-state index contributed by atoms with van der Waals surface area (Å²) in [7, 11) is 0. The molecule has 0 fully saturated rings. The van der Waals surface area contributed by atoms with Gasteiger partial charge in [0.15, 0.2) is 0 Å². The van der Waals surface area contributed by atoms with Crippen LogP contribution >= 0.6 is 0 Å². The van der Waals surface area contributed by atoms with E-state index in [2.05, 4.69) is 43.3 Å². The van der Waals surface area contributed by atoms with Crippen LogP contribution in [0, 0.1) is 6.92 Å². The molecular weight excluding hydrogens is 299 g/mol. The Balaban J connectivity index is 2.25. The van der Waals surface area contributed by atoms with Gasteiger partial charge in [-0.1, -0.05) is 0 Å². The Morgan fingerprint density at radius 1 is 1.00 bits per heavy atom. The third-order valence-electron chi connectivity index (χ3n) is 2.69. The first-order valence-electron chi connectivity index (χ1n) is 6.17. The summed E-state index contributed by atoms with van der Waals surface area (Å²) in [6.07, 6.45) is 2.01. The van der Waals surface area contributed by atoms with Crippen molar-refractivity contribution in [2.24, 2.45) is 0 Å². The summed E-state index contributed by atoms with van der Waals surface area (Å²) in [5.74, 6) is 0.157. The molecule has 1 nitrogen and oxygen atoms in total. The van der Waals surface area contributed by atoms with Gasteiger partial charge in [-0.2, -0.15) is 0 Å². The van der Waals surface area contributed by atoms with Crippen molar-refractivity contribution >= 4 is 31.3 Å².